The zero-order valence-electron chi connectivity index (χ0n) is 47.0. The van der Waals surface area contributed by atoms with Gasteiger partial charge in [0, 0.05) is 0 Å². The van der Waals surface area contributed by atoms with Crippen LogP contribution in [-0.4, -0.2) is 48.2 Å². The molecule has 10 rings (SSSR count). The largest absolute Gasteiger partial charge is 4.00 e. The Morgan fingerprint density at radius 2 is 0.383 bits per heavy atom. The average molecular weight is 1160 g/mol. The first kappa shape index (κ1) is 68.2. The van der Waals surface area contributed by atoms with Crippen molar-refractivity contribution in [3.05, 3.63) is 287 Å². The van der Waals surface area contributed by atoms with Crippen molar-refractivity contribution < 1.29 is 98.5 Å². The maximum atomic E-state index is 15.2. The third-order valence-electron chi connectivity index (χ3n) is 13.4. The van der Waals surface area contributed by atoms with Gasteiger partial charge in [0.25, 0.3) is 0 Å². The SMILES string of the molecule is CC(C)[O-].CC(C)[O-].CC1(C)OC(C([O-])(c2ccccc2)c2ccccc2)C(C([O-])(c2ccccc2)c2ccccc2)O1.CC1(C)OC(C([O-])(c2ccccc2)c2ccccc2)C(C([O-])(c2ccccc2)c2ccccc2)O1.[O-2].[Ti+4].[Ti+4]. The summed E-state index contributed by atoms with van der Waals surface area (Å²) in [4.78, 5) is 0. The Morgan fingerprint density at radius 1 is 0.284 bits per heavy atom. The van der Waals surface area contributed by atoms with E-state index in [1.165, 1.54) is 0 Å². The van der Waals surface area contributed by atoms with Gasteiger partial charge in [-0.3, -0.25) is 0 Å². The standard InChI is InChI=1S/2C31H28O4.2C3H7O.O.2Ti/c2*1-29(2)34-27(30(32,23-15-7-3-8-16-23)24-17-9-4-10-18-24)28(35-29)31(33,25-19-11-5-12-20-25)26-21-13-6-14-22-26;2*1-3(2)4;;;/h2*3-22,27-28H,1-2H3;2*3H,1-2H3;;;/q2*-2;2*-1;-2;2*+4. The van der Waals surface area contributed by atoms with Crippen molar-refractivity contribution in [3.63, 3.8) is 0 Å². The molecule has 0 N–H and O–H groups in total. The molecule has 416 valence electrons. The topological polar surface area (TPSA) is 204 Å². The van der Waals surface area contributed by atoms with E-state index in [0.717, 1.165) is 0 Å². The van der Waals surface area contributed by atoms with Gasteiger partial charge in [-0.25, -0.2) is 0 Å². The quantitative estimate of drug-likeness (QED) is 0.110. The summed E-state index contributed by atoms with van der Waals surface area (Å²) in [6.45, 7) is 13.5. The van der Waals surface area contributed by atoms with Crippen LogP contribution in [0.25, 0.3) is 0 Å². The molecule has 2 aliphatic heterocycles. The monoisotopic (exact) mass is 1160 g/mol. The Morgan fingerprint density at radius 3 is 0.481 bits per heavy atom. The number of hydrogen-bond donors (Lipinski definition) is 0. The number of benzene rings is 8. The molecule has 0 amide bonds. The molecule has 2 aliphatic rings. The van der Waals surface area contributed by atoms with E-state index < -0.39 is 70.6 Å². The van der Waals surface area contributed by atoms with E-state index in [1.807, 2.05) is 146 Å². The van der Waals surface area contributed by atoms with Crippen molar-refractivity contribution in [2.75, 3.05) is 0 Å². The molecule has 0 bridgehead atoms. The zero-order valence-corrected chi connectivity index (χ0v) is 50.2. The summed E-state index contributed by atoms with van der Waals surface area (Å²) in [5.74, 6) is -2.26. The summed E-state index contributed by atoms with van der Waals surface area (Å²) < 4.78 is 25.6. The van der Waals surface area contributed by atoms with Crippen LogP contribution in [0.1, 0.15) is 99.9 Å². The summed E-state index contributed by atoms with van der Waals surface area (Å²) in [7, 11) is 0. The molecule has 81 heavy (non-hydrogen) atoms. The van der Waals surface area contributed by atoms with Crippen molar-refractivity contribution in [2.45, 2.75) is 126 Å². The molecule has 4 atom stereocenters. The van der Waals surface area contributed by atoms with Crippen LogP contribution in [0.5, 0.6) is 0 Å². The van der Waals surface area contributed by atoms with Gasteiger partial charge in [-0.1, -0.05) is 315 Å². The van der Waals surface area contributed by atoms with Gasteiger partial charge in [0.05, 0.1) is 24.4 Å². The second-order valence-corrected chi connectivity index (χ2v) is 20.9. The molecule has 8 aromatic carbocycles. The van der Waals surface area contributed by atoms with Gasteiger partial charge in [-0.15, -0.1) is 12.2 Å². The maximum absolute atomic E-state index is 15.2. The second-order valence-electron chi connectivity index (χ2n) is 20.9. The zero-order chi connectivity index (χ0) is 56.2. The minimum absolute atomic E-state index is 0. The molecule has 4 unspecified atom stereocenters. The van der Waals surface area contributed by atoms with Crippen molar-refractivity contribution in [2.24, 2.45) is 0 Å². The van der Waals surface area contributed by atoms with Crippen LogP contribution in [0.15, 0.2) is 243 Å². The predicted molar refractivity (Wildman–Crippen MR) is 293 cm³/mol. The van der Waals surface area contributed by atoms with Gasteiger partial charge in [-0.2, -0.15) is 0 Å². The van der Waals surface area contributed by atoms with Crippen LogP contribution in [0.4, 0.5) is 0 Å². The van der Waals surface area contributed by atoms with E-state index in [9.17, 15) is 10.2 Å². The Hall–Kier alpha value is -5.25. The second kappa shape index (κ2) is 29.8. The first-order valence-corrected chi connectivity index (χ1v) is 26.5. The van der Waals surface area contributed by atoms with E-state index in [0.29, 0.717) is 44.5 Å². The number of ether oxygens (including phenoxy) is 4. The number of hydrogen-bond acceptors (Lipinski definition) is 10. The van der Waals surface area contributed by atoms with E-state index in [2.05, 4.69) is 0 Å². The molecule has 2 heterocycles. The molecule has 11 nitrogen and oxygen atoms in total. The Labute approximate surface area is 508 Å². The van der Waals surface area contributed by atoms with Crippen molar-refractivity contribution in [3.8, 4) is 0 Å². The van der Waals surface area contributed by atoms with Crippen LogP contribution in [0.3, 0.4) is 0 Å². The smallest absolute Gasteiger partial charge is 2.00 e. The third kappa shape index (κ3) is 15.7. The van der Waals surface area contributed by atoms with Crippen molar-refractivity contribution >= 4 is 0 Å². The van der Waals surface area contributed by atoms with E-state index in [1.54, 1.807) is 152 Å². The fourth-order valence-corrected chi connectivity index (χ4v) is 10.2. The fourth-order valence-electron chi connectivity index (χ4n) is 10.2. The molecule has 8 aromatic rings. The molecule has 2 fully saturated rings. The Bertz CT molecular complexity index is 2440. The van der Waals surface area contributed by atoms with Gasteiger partial charge in [0.15, 0.2) is 11.6 Å². The van der Waals surface area contributed by atoms with Gasteiger partial charge < -0.3 is 55.1 Å². The molecule has 0 aromatic heterocycles. The van der Waals surface area contributed by atoms with E-state index in [-0.39, 0.29) is 48.9 Å². The molecule has 0 spiro atoms. The van der Waals surface area contributed by atoms with Gasteiger partial charge >= 0.3 is 43.4 Å². The minimum atomic E-state index is -1.89. The molecule has 0 aliphatic carbocycles. The van der Waals surface area contributed by atoms with Crippen LogP contribution in [0.2, 0.25) is 0 Å². The third-order valence-corrected chi connectivity index (χ3v) is 13.4. The van der Waals surface area contributed by atoms with Crippen LogP contribution < -0.4 is 30.6 Å². The summed E-state index contributed by atoms with van der Waals surface area (Å²) in [5.41, 5.74) is -3.40. The summed E-state index contributed by atoms with van der Waals surface area (Å²) in [6, 6.07) is 73.0. The summed E-state index contributed by atoms with van der Waals surface area (Å²) in [5, 5.41) is 79.7. The van der Waals surface area contributed by atoms with Crippen LogP contribution in [-0.2, 0) is 90.3 Å². The molecular formula is C68H70O11Ti2. The summed E-state index contributed by atoms with van der Waals surface area (Å²) in [6.07, 6.45) is -5.28. The first-order chi connectivity index (χ1) is 37.2. The molecule has 0 saturated carbocycles. The first-order valence-electron chi connectivity index (χ1n) is 26.5. The predicted octanol–water partition coefficient (Wildman–Crippen LogP) is 7.62. The minimum Gasteiger partial charge on any atom is -2.00 e. The fraction of sp³-hybridized carbons (Fsp3) is 0.294. The number of rotatable bonds is 12. The van der Waals surface area contributed by atoms with Crippen LogP contribution >= 0.6 is 0 Å². The van der Waals surface area contributed by atoms with Crippen LogP contribution in [0, 0.1) is 0 Å². The van der Waals surface area contributed by atoms with E-state index in [4.69, 9.17) is 18.9 Å². The molecule has 0 radical (unpaired) electrons. The Kier molecular flexibility index (Phi) is 25.1. The summed E-state index contributed by atoms with van der Waals surface area (Å²) >= 11 is 0. The molecular weight excluding hydrogens is 1090 g/mol. The van der Waals surface area contributed by atoms with Gasteiger partial charge in [-0.05, 0) is 50.1 Å². The van der Waals surface area contributed by atoms with E-state index >= 15 is 20.4 Å². The molecule has 13 heteroatoms. The van der Waals surface area contributed by atoms with Crippen molar-refractivity contribution in [1.29, 1.82) is 0 Å². The average Bonchev–Trinajstić information content (AvgIpc) is 3.99. The van der Waals surface area contributed by atoms with Gasteiger partial charge in [0.2, 0.25) is 0 Å². The molecule has 2 saturated heterocycles. The normalized spacial score (nSPS) is 18.2. The Balaban J connectivity index is 0.000000298. The van der Waals surface area contributed by atoms with Gasteiger partial charge in [0.1, 0.15) is 0 Å². The van der Waals surface area contributed by atoms with Crippen molar-refractivity contribution in [1.82, 2.24) is 0 Å². The maximum Gasteiger partial charge on any atom is 4.00 e.